The highest BCUT2D eigenvalue weighted by atomic mass is 32.2. The fourth-order valence-corrected chi connectivity index (χ4v) is 4.06. The fraction of sp³-hybridized carbons (Fsp3) is 0.571. The van der Waals surface area contributed by atoms with E-state index in [0.717, 1.165) is 43.1 Å². The lowest BCUT2D eigenvalue weighted by molar-refractivity contribution is 0.272. The molecule has 0 bridgehead atoms. The molecule has 2 aliphatic heterocycles. The smallest absolute Gasteiger partial charge is 0.151 e. The minimum Gasteiger partial charge on any atom is -0.489 e. The number of fused-ring (bicyclic) bond motifs is 1. The normalized spacial score (nSPS) is 22.2. The summed E-state index contributed by atoms with van der Waals surface area (Å²) in [5.41, 5.74) is 2.17. The van der Waals surface area contributed by atoms with Gasteiger partial charge in [-0.3, -0.25) is 4.90 Å². The summed E-state index contributed by atoms with van der Waals surface area (Å²) in [6, 6.07) is 6.10. The summed E-state index contributed by atoms with van der Waals surface area (Å²) >= 11 is 0. The van der Waals surface area contributed by atoms with Gasteiger partial charge in [-0.15, -0.1) is 0 Å². The largest absolute Gasteiger partial charge is 0.489 e. The summed E-state index contributed by atoms with van der Waals surface area (Å²) in [5.74, 6) is 1.50. The van der Waals surface area contributed by atoms with Crippen LogP contribution in [0.25, 0.3) is 0 Å². The van der Waals surface area contributed by atoms with Crippen LogP contribution in [0.2, 0.25) is 0 Å². The predicted molar refractivity (Wildman–Crippen MR) is 79.0 cm³/mol. The fourth-order valence-electron chi connectivity index (χ4n) is 2.75. The third-order valence-electron chi connectivity index (χ3n) is 3.80. The summed E-state index contributed by atoms with van der Waals surface area (Å²) in [7, 11) is -2.85. The highest BCUT2D eigenvalue weighted by Gasteiger charge is 2.21. The lowest BCUT2D eigenvalue weighted by Crippen LogP contribution is -2.27. The van der Waals surface area contributed by atoms with Crippen LogP contribution < -0.4 is 10.1 Å². The average molecular weight is 296 g/mol. The molecule has 6 heteroatoms. The van der Waals surface area contributed by atoms with Crippen molar-refractivity contribution in [1.29, 1.82) is 0 Å². The van der Waals surface area contributed by atoms with Crippen molar-refractivity contribution in [2.45, 2.75) is 13.0 Å². The SMILES string of the molecule is O=S1(=O)CCCN(Cc2cccc3c2OCCN3)CC1. The molecule has 20 heavy (non-hydrogen) atoms. The molecule has 2 aliphatic rings. The zero-order valence-corrected chi connectivity index (χ0v) is 12.3. The first kappa shape index (κ1) is 13.7. The van der Waals surface area contributed by atoms with E-state index < -0.39 is 9.84 Å². The van der Waals surface area contributed by atoms with Crippen LogP contribution in [-0.4, -0.2) is 51.1 Å². The van der Waals surface area contributed by atoms with E-state index in [-0.39, 0.29) is 5.75 Å². The van der Waals surface area contributed by atoms with E-state index in [1.54, 1.807) is 0 Å². The van der Waals surface area contributed by atoms with Crippen LogP contribution in [0.15, 0.2) is 18.2 Å². The topological polar surface area (TPSA) is 58.6 Å². The van der Waals surface area contributed by atoms with Crippen LogP contribution in [0.3, 0.4) is 0 Å². The molecule has 3 rings (SSSR count). The Morgan fingerprint density at radius 1 is 1.25 bits per heavy atom. The highest BCUT2D eigenvalue weighted by Crippen LogP contribution is 2.32. The van der Waals surface area contributed by atoms with Crippen molar-refractivity contribution >= 4 is 15.5 Å². The maximum Gasteiger partial charge on any atom is 0.151 e. The van der Waals surface area contributed by atoms with Gasteiger partial charge >= 0.3 is 0 Å². The quantitative estimate of drug-likeness (QED) is 0.886. The van der Waals surface area contributed by atoms with Crippen LogP contribution in [0.1, 0.15) is 12.0 Å². The van der Waals surface area contributed by atoms with Crippen molar-refractivity contribution in [3.05, 3.63) is 23.8 Å². The molecule has 5 nitrogen and oxygen atoms in total. The number of rotatable bonds is 2. The Balaban J connectivity index is 1.75. The molecule has 1 aromatic rings. The summed E-state index contributed by atoms with van der Waals surface area (Å²) in [4.78, 5) is 2.21. The second-order valence-electron chi connectivity index (χ2n) is 5.35. The van der Waals surface area contributed by atoms with Crippen molar-refractivity contribution in [3.63, 3.8) is 0 Å². The van der Waals surface area contributed by atoms with Crippen LogP contribution in [0, 0.1) is 0 Å². The van der Waals surface area contributed by atoms with E-state index in [1.165, 1.54) is 0 Å². The zero-order valence-electron chi connectivity index (χ0n) is 11.5. The molecule has 0 atom stereocenters. The molecule has 0 aliphatic carbocycles. The summed E-state index contributed by atoms with van der Waals surface area (Å²) < 4.78 is 29.0. The van der Waals surface area contributed by atoms with Crippen LogP contribution >= 0.6 is 0 Å². The third-order valence-corrected chi connectivity index (χ3v) is 5.52. The Morgan fingerprint density at radius 3 is 3.05 bits per heavy atom. The zero-order chi connectivity index (χ0) is 14.0. The Kier molecular flexibility index (Phi) is 3.85. The summed E-state index contributed by atoms with van der Waals surface area (Å²) in [5, 5.41) is 3.33. The molecule has 0 unspecified atom stereocenters. The van der Waals surface area contributed by atoms with Gasteiger partial charge in [0.05, 0.1) is 17.2 Å². The molecule has 110 valence electrons. The lowest BCUT2D eigenvalue weighted by atomic mass is 10.1. The molecule has 1 saturated heterocycles. The van der Waals surface area contributed by atoms with Crippen molar-refractivity contribution < 1.29 is 13.2 Å². The molecular weight excluding hydrogens is 276 g/mol. The number of para-hydroxylation sites is 1. The molecule has 0 spiro atoms. The van der Waals surface area contributed by atoms with Crippen molar-refractivity contribution in [1.82, 2.24) is 4.90 Å². The van der Waals surface area contributed by atoms with Gasteiger partial charge in [0.15, 0.2) is 9.84 Å². The van der Waals surface area contributed by atoms with E-state index in [1.807, 2.05) is 12.1 Å². The molecule has 1 N–H and O–H groups in total. The van der Waals surface area contributed by atoms with E-state index >= 15 is 0 Å². The number of ether oxygens (including phenoxy) is 1. The van der Waals surface area contributed by atoms with Gasteiger partial charge in [0, 0.05) is 25.2 Å². The standard InChI is InChI=1S/C14H20N2O3S/c17-20(18)9-2-6-16(7-10-20)11-12-3-1-4-13-14(12)19-8-5-15-13/h1,3-4,15H,2,5-11H2. The van der Waals surface area contributed by atoms with Gasteiger partial charge in [0.2, 0.25) is 0 Å². The molecule has 0 aromatic heterocycles. The van der Waals surface area contributed by atoms with Gasteiger partial charge in [-0.1, -0.05) is 12.1 Å². The first-order valence-electron chi connectivity index (χ1n) is 7.05. The molecule has 1 aromatic carbocycles. The van der Waals surface area contributed by atoms with Gasteiger partial charge in [-0.25, -0.2) is 8.42 Å². The van der Waals surface area contributed by atoms with Gasteiger partial charge in [0.1, 0.15) is 12.4 Å². The minimum atomic E-state index is -2.85. The van der Waals surface area contributed by atoms with Crippen LogP contribution in [-0.2, 0) is 16.4 Å². The number of benzene rings is 1. The number of nitrogens with one attached hydrogen (secondary N) is 1. The molecular formula is C14H20N2O3S. The van der Waals surface area contributed by atoms with E-state index in [0.29, 0.717) is 18.9 Å². The Labute approximate surface area is 119 Å². The maximum atomic E-state index is 11.6. The number of hydrogen-bond acceptors (Lipinski definition) is 5. The monoisotopic (exact) mass is 296 g/mol. The second-order valence-corrected chi connectivity index (χ2v) is 7.65. The Hall–Kier alpha value is -1.27. The van der Waals surface area contributed by atoms with E-state index in [9.17, 15) is 8.42 Å². The highest BCUT2D eigenvalue weighted by molar-refractivity contribution is 7.91. The average Bonchev–Trinajstić information content (AvgIpc) is 2.61. The van der Waals surface area contributed by atoms with Crippen molar-refractivity contribution in [2.75, 3.05) is 43.1 Å². The first-order chi connectivity index (χ1) is 9.64. The number of nitrogens with zero attached hydrogens (tertiary/aromatic N) is 1. The van der Waals surface area contributed by atoms with Gasteiger partial charge in [-0.2, -0.15) is 0 Å². The molecule has 1 fully saturated rings. The molecule has 0 amide bonds. The molecule has 0 saturated carbocycles. The van der Waals surface area contributed by atoms with Crippen LogP contribution in [0.5, 0.6) is 5.75 Å². The number of sulfone groups is 1. The van der Waals surface area contributed by atoms with Gasteiger partial charge < -0.3 is 10.1 Å². The molecule has 2 heterocycles. The Bertz CT molecular complexity index is 586. The van der Waals surface area contributed by atoms with E-state index in [4.69, 9.17) is 4.74 Å². The molecule has 0 radical (unpaired) electrons. The third kappa shape index (κ3) is 3.07. The number of hydrogen-bond donors (Lipinski definition) is 1. The first-order valence-corrected chi connectivity index (χ1v) is 8.87. The second kappa shape index (κ2) is 5.61. The van der Waals surface area contributed by atoms with E-state index in [2.05, 4.69) is 16.3 Å². The van der Waals surface area contributed by atoms with Crippen molar-refractivity contribution in [2.24, 2.45) is 0 Å². The van der Waals surface area contributed by atoms with Crippen LogP contribution in [0.4, 0.5) is 5.69 Å². The number of anilines is 1. The van der Waals surface area contributed by atoms with Gasteiger partial charge in [-0.05, 0) is 19.0 Å². The van der Waals surface area contributed by atoms with Crippen molar-refractivity contribution in [3.8, 4) is 5.75 Å². The maximum absolute atomic E-state index is 11.6. The summed E-state index contributed by atoms with van der Waals surface area (Å²) in [6.45, 7) is 3.70. The predicted octanol–water partition coefficient (Wildman–Crippen LogP) is 1.11. The lowest BCUT2D eigenvalue weighted by Gasteiger charge is -2.25. The minimum absolute atomic E-state index is 0.265. The summed E-state index contributed by atoms with van der Waals surface area (Å²) in [6.07, 6.45) is 0.719. The van der Waals surface area contributed by atoms with Gasteiger partial charge in [0.25, 0.3) is 0 Å². The Morgan fingerprint density at radius 2 is 2.15 bits per heavy atom.